The summed E-state index contributed by atoms with van der Waals surface area (Å²) in [4.78, 5) is 48.8. The third kappa shape index (κ3) is 7.29. The molecule has 0 spiro atoms. The van der Waals surface area contributed by atoms with E-state index in [1.807, 2.05) is 24.3 Å². The lowest BCUT2D eigenvalue weighted by atomic mass is 9.96. The van der Waals surface area contributed by atoms with E-state index in [0.29, 0.717) is 53.4 Å². The standard InChI is InChI=1S/C31H31N5O5S/c1-4-21-7-9-22(10-8-21)19-27-30(38)36(31(39)42-27)18-6-5-17-32-29(37)23-11-13-24(14-12-23)33-25-15-16-26(34-40)28(20(25)2)35-41-3/h7-16,19,40H,2,4-6,17-18H2,1,3H3,(H,32,37)/b27-19-,33-25?,34-26?,35-28+. The van der Waals surface area contributed by atoms with Crippen LogP contribution in [0.3, 0.4) is 0 Å². The van der Waals surface area contributed by atoms with Crippen LogP contribution in [0.4, 0.5) is 10.5 Å². The van der Waals surface area contributed by atoms with Gasteiger partial charge in [-0.1, -0.05) is 48.1 Å². The van der Waals surface area contributed by atoms with E-state index in [4.69, 9.17) is 10.0 Å². The summed E-state index contributed by atoms with van der Waals surface area (Å²) in [5, 5.41) is 18.8. The molecule has 0 aromatic heterocycles. The Bertz CT molecular complexity index is 1520. The number of hydrogen-bond acceptors (Lipinski definition) is 9. The molecule has 2 aromatic carbocycles. The Labute approximate surface area is 248 Å². The summed E-state index contributed by atoms with van der Waals surface area (Å²) in [5.74, 6) is -0.522. The van der Waals surface area contributed by atoms with E-state index in [-0.39, 0.29) is 28.5 Å². The van der Waals surface area contributed by atoms with Crippen LogP contribution in [0.5, 0.6) is 0 Å². The van der Waals surface area contributed by atoms with Crippen LogP contribution in [-0.2, 0) is 16.1 Å². The normalized spacial score (nSPS) is 19.0. The highest BCUT2D eigenvalue weighted by Gasteiger charge is 2.34. The average molecular weight is 586 g/mol. The molecule has 11 heteroatoms. The number of aliphatic imine (C=N–C) groups is 1. The summed E-state index contributed by atoms with van der Waals surface area (Å²) < 4.78 is 0. The number of thioether (sulfide) groups is 1. The van der Waals surface area contributed by atoms with Crippen LogP contribution in [0.15, 0.2) is 93.0 Å². The number of nitrogens with one attached hydrogen (secondary N) is 1. The molecule has 1 aliphatic heterocycles. The number of rotatable bonds is 10. The molecule has 0 saturated carbocycles. The number of nitrogens with zero attached hydrogens (tertiary/aromatic N) is 4. The fourth-order valence-electron chi connectivity index (χ4n) is 4.21. The number of hydrogen-bond donors (Lipinski definition) is 2. The number of unbranched alkanes of at least 4 members (excludes halogenated alkanes) is 1. The molecule has 1 saturated heterocycles. The minimum atomic E-state index is -0.284. The van der Waals surface area contributed by atoms with Gasteiger partial charge in [0.2, 0.25) is 0 Å². The SMILES string of the molecule is C=C1C(=Nc2ccc(C(=O)NCCCCN3C(=O)S/C(=C\c4ccc(CC)cc4)C3=O)cc2)C=CC(=NO)/C1=N/OC. The zero-order chi connectivity index (χ0) is 30.1. The summed E-state index contributed by atoms with van der Waals surface area (Å²) in [7, 11) is 1.38. The minimum Gasteiger partial charge on any atom is -0.410 e. The van der Waals surface area contributed by atoms with Gasteiger partial charge in [-0.25, -0.2) is 4.99 Å². The Hall–Kier alpha value is -4.77. The third-order valence-corrected chi connectivity index (χ3v) is 7.47. The molecular weight excluding hydrogens is 554 g/mol. The van der Waals surface area contributed by atoms with E-state index in [1.54, 1.807) is 42.5 Å². The summed E-state index contributed by atoms with van der Waals surface area (Å²) in [6.07, 6.45) is 7.06. The number of allylic oxidation sites excluding steroid dienone is 3. The molecule has 0 bridgehead atoms. The van der Waals surface area contributed by atoms with E-state index in [9.17, 15) is 14.4 Å². The Kier molecular flexibility index (Phi) is 10.2. The molecule has 2 aliphatic rings. The van der Waals surface area contributed by atoms with Gasteiger partial charge in [-0.3, -0.25) is 19.3 Å². The van der Waals surface area contributed by atoms with Gasteiger partial charge in [0.05, 0.1) is 16.3 Å². The van der Waals surface area contributed by atoms with Crippen LogP contribution < -0.4 is 5.32 Å². The topological polar surface area (TPSA) is 133 Å². The number of oxime groups is 2. The lowest BCUT2D eigenvalue weighted by molar-refractivity contribution is -0.122. The number of carbonyl (C=O) groups is 3. The third-order valence-electron chi connectivity index (χ3n) is 6.56. The van der Waals surface area contributed by atoms with Gasteiger partial charge in [0, 0.05) is 24.2 Å². The largest absolute Gasteiger partial charge is 0.410 e. The van der Waals surface area contributed by atoms with Gasteiger partial charge >= 0.3 is 0 Å². The Morgan fingerprint density at radius 1 is 1.07 bits per heavy atom. The van der Waals surface area contributed by atoms with Crippen molar-refractivity contribution in [3.63, 3.8) is 0 Å². The summed E-state index contributed by atoms with van der Waals surface area (Å²) >= 11 is 0.952. The average Bonchev–Trinajstić information content (AvgIpc) is 3.27. The molecule has 216 valence electrons. The first kappa shape index (κ1) is 30.2. The van der Waals surface area contributed by atoms with E-state index in [1.165, 1.54) is 17.6 Å². The van der Waals surface area contributed by atoms with Crippen molar-refractivity contribution in [3.05, 3.63) is 94.4 Å². The molecule has 2 aromatic rings. The molecule has 10 nitrogen and oxygen atoms in total. The minimum absolute atomic E-state index is 0.209. The van der Waals surface area contributed by atoms with Crippen LogP contribution in [0.25, 0.3) is 6.08 Å². The molecule has 3 amide bonds. The number of benzene rings is 2. The van der Waals surface area contributed by atoms with E-state index in [2.05, 4.69) is 34.1 Å². The first-order chi connectivity index (χ1) is 20.3. The second-order valence-electron chi connectivity index (χ2n) is 9.36. The second kappa shape index (κ2) is 14.2. The van der Waals surface area contributed by atoms with Crippen LogP contribution in [0, 0.1) is 0 Å². The number of carbonyl (C=O) groups excluding carboxylic acids is 3. The van der Waals surface area contributed by atoms with Gasteiger partial charge in [0.15, 0.2) is 0 Å². The van der Waals surface area contributed by atoms with Crippen molar-refractivity contribution in [2.45, 2.75) is 26.2 Å². The van der Waals surface area contributed by atoms with Crippen LogP contribution in [0.1, 0.15) is 41.3 Å². The highest BCUT2D eigenvalue weighted by Crippen LogP contribution is 2.32. The highest BCUT2D eigenvalue weighted by molar-refractivity contribution is 8.18. The highest BCUT2D eigenvalue weighted by atomic mass is 32.2. The Morgan fingerprint density at radius 2 is 1.79 bits per heavy atom. The van der Waals surface area contributed by atoms with Crippen LogP contribution in [0.2, 0.25) is 0 Å². The van der Waals surface area contributed by atoms with Crippen LogP contribution in [-0.4, -0.2) is 64.5 Å². The van der Waals surface area contributed by atoms with E-state index in [0.717, 1.165) is 23.7 Å². The van der Waals surface area contributed by atoms with Gasteiger partial charge in [-0.05, 0) is 84.6 Å². The van der Waals surface area contributed by atoms with Gasteiger partial charge in [-0.15, -0.1) is 0 Å². The molecule has 1 heterocycles. The maximum atomic E-state index is 12.7. The smallest absolute Gasteiger partial charge is 0.293 e. The zero-order valence-corrected chi connectivity index (χ0v) is 24.2. The first-order valence-electron chi connectivity index (χ1n) is 13.4. The fourth-order valence-corrected chi connectivity index (χ4v) is 5.08. The zero-order valence-electron chi connectivity index (χ0n) is 23.4. The molecule has 1 aliphatic carbocycles. The fraction of sp³-hybridized carbons (Fsp3) is 0.226. The molecule has 0 radical (unpaired) electrons. The number of amides is 3. The lowest BCUT2D eigenvalue weighted by Gasteiger charge is -2.13. The number of imide groups is 1. The second-order valence-corrected chi connectivity index (χ2v) is 10.3. The summed E-state index contributed by atoms with van der Waals surface area (Å²) in [6, 6.07) is 14.7. The quantitative estimate of drug-likeness (QED) is 0.163. The predicted octanol–water partition coefficient (Wildman–Crippen LogP) is 5.53. The van der Waals surface area contributed by atoms with Crippen molar-refractivity contribution in [1.29, 1.82) is 0 Å². The summed E-state index contributed by atoms with van der Waals surface area (Å²) in [6.45, 7) is 6.73. The van der Waals surface area contributed by atoms with Crippen molar-refractivity contribution >= 4 is 57.7 Å². The van der Waals surface area contributed by atoms with Gasteiger partial charge in [0.1, 0.15) is 18.5 Å². The first-order valence-corrected chi connectivity index (χ1v) is 14.2. The van der Waals surface area contributed by atoms with Crippen molar-refractivity contribution < 1.29 is 24.4 Å². The monoisotopic (exact) mass is 585 g/mol. The van der Waals surface area contributed by atoms with Gasteiger partial charge < -0.3 is 15.4 Å². The predicted molar refractivity (Wildman–Crippen MR) is 166 cm³/mol. The van der Waals surface area contributed by atoms with Crippen molar-refractivity contribution in [2.24, 2.45) is 15.3 Å². The lowest BCUT2D eigenvalue weighted by Crippen LogP contribution is -2.30. The van der Waals surface area contributed by atoms with E-state index < -0.39 is 0 Å². The molecule has 2 N–H and O–H groups in total. The molecular formula is C31H31N5O5S. The van der Waals surface area contributed by atoms with Crippen molar-refractivity contribution in [1.82, 2.24) is 10.2 Å². The maximum Gasteiger partial charge on any atom is 0.293 e. The van der Waals surface area contributed by atoms with Gasteiger partial charge in [-0.2, -0.15) is 0 Å². The maximum absolute atomic E-state index is 12.7. The van der Waals surface area contributed by atoms with Crippen molar-refractivity contribution in [2.75, 3.05) is 20.2 Å². The Morgan fingerprint density at radius 3 is 2.45 bits per heavy atom. The van der Waals surface area contributed by atoms with Gasteiger partial charge in [0.25, 0.3) is 17.1 Å². The summed E-state index contributed by atoms with van der Waals surface area (Å²) in [5.41, 5.74) is 4.57. The molecule has 1 fully saturated rings. The molecule has 0 unspecified atom stereocenters. The molecule has 0 atom stereocenters. The van der Waals surface area contributed by atoms with Crippen molar-refractivity contribution in [3.8, 4) is 0 Å². The molecule has 4 rings (SSSR count). The Balaban J connectivity index is 1.25. The van der Waals surface area contributed by atoms with Crippen LogP contribution >= 0.6 is 11.8 Å². The number of aryl methyl sites for hydroxylation is 1. The van der Waals surface area contributed by atoms with E-state index >= 15 is 0 Å². The molecule has 42 heavy (non-hydrogen) atoms.